The Labute approximate surface area is 124 Å². The summed E-state index contributed by atoms with van der Waals surface area (Å²) >= 11 is 0. The van der Waals surface area contributed by atoms with Crippen LogP contribution in [-0.2, 0) is 9.53 Å². The highest BCUT2D eigenvalue weighted by atomic mass is 16.5. The summed E-state index contributed by atoms with van der Waals surface area (Å²) in [7, 11) is 0. The van der Waals surface area contributed by atoms with Crippen molar-refractivity contribution in [2.45, 2.75) is 32.0 Å². The first-order chi connectivity index (χ1) is 10.1. The van der Waals surface area contributed by atoms with Gasteiger partial charge in [0.2, 0.25) is 0 Å². The third-order valence-corrected chi connectivity index (χ3v) is 4.19. The monoisotopic (exact) mass is 290 g/mol. The molecule has 1 aromatic rings. The summed E-state index contributed by atoms with van der Waals surface area (Å²) < 4.78 is 5.67. The number of aromatic nitrogens is 1. The van der Waals surface area contributed by atoms with E-state index in [-0.39, 0.29) is 18.1 Å². The fourth-order valence-corrected chi connectivity index (χ4v) is 2.93. The first kappa shape index (κ1) is 14.1. The van der Waals surface area contributed by atoms with Gasteiger partial charge in [-0.1, -0.05) is 0 Å². The van der Waals surface area contributed by atoms with E-state index in [0.29, 0.717) is 5.69 Å². The second-order valence-corrected chi connectivity index (χ2v) is 5.77. The summed E-state index contributed by atoms with van der Waals surface area (Å²) in [6.45, 7) is 5.06. The Hall–Kier alpha value is -1.82. The number of nitrogens with two attached hydrogens (primary N) is 1. The van der Waals surface area contributed by atoms with Gasteiger partial charge in [-0.25, -0.2) is 4.98 Å². The molecule has 0 aliphatic carbocycles. The van der Waals surface area contributed by atoms with Gasteiger partial charge in [-0.2, -0.15) is 0 Å². The number of nitrogen functional groups attached to an aromatic ring is 1. The normalized spacial score (nSPS) is 26.1. The van der Waals surface area contributed by atoms with Crippen molar-refractivity contribution in [2.75, 3.05) is 36.8 Å². The van der Waals surface area contributed by atoms with E-state index in [0.717, 1.165) is 44.8 Å². The summed E-state index contributed by atoms with van der Waals surface area (Å²) in [6, 6.07) is 3.78. The van der Waals surface area contributed by atoms with Crippen molar-refractivity contribution in [1.82, 2.24) is 9.88 Å². The molecule has 0 saturated carbocycles. The Bertz CT molecular complexity index is 497. The van der Waals surface area contributed by atoms with Gasteiger partial charge in [-0.3, -0.25) is 4.79 Å². The standard InChI is InChI=1S/C15H22N4O2/c1-11-2-4-13(21-11)15(20)19-8-6-18(7-9-19)14-5-3-12(16)10-17-14/h3,5,10-11,13H,2,4,6-9,16H2,1H3. The molecule has 2 atom stereocenters. The maximum Gasteiger partial charge on any atom is 0.251 e. The van der Waals surface area contributed by atoms with Crippen LogP contribution in [0.25, 0.3) is 0 Å². The molecular weight excluding hydrogens is 268 g/mol. The first-order valence-electron chi connectivity index (χ1n) is 7.54. The van der Waals surface area contributed by atoms with E-state index in [2.05, 4.69) is 9.88 Å². The molecule has 2 aliphatic heterocycles. The van der Waals surface area contributed by atoms with Gasteiger partial charge in [0.15, 0.2) is 0 Å². The second-order valence-electron chi connectivity index (χ2n) is 5.77. The molecule has 0 radical (unpaired) electrons. The van der Waals surface area contributed by atoms with Crippen LogP contribution in [0.4, 0.5) is 11.5 Å². The SMILES string of the molecule is CC1CCC(C(=O)N2CCN(c3ccc(N)cn3)CC2)O1. The Kier molecular flexibility index (Phi) is 3.96. The van der Waals surface area contributed by atoms with E-state index in [1.807, 2.05) is 24.0 Å². The lowest BCUT2D eigenvalue weighted by Crippen LogP contribution is -2.51. The summed E-state index contributed by atoms with van der Waals surface area (Å²) in [6.07, 6.45) is 3.46. The number of hydrogen-bond acceptors (Lipinski definition) is 5. The van der Waals surface area contributed by atoms with Crippen molar-refractivity contribution in [3.63, 3.8) is 0 Å². The van der Waals surface area contributed by atoms with Crippen LogP contribution in [0.3, 0.4) is 0 Å². The molecule has 2 N–H and O–H groups in total. The molecule has 1 aromatic heterocycles. The Balaban J connectivity index is 1.55. The number of piperazine rings is 1. The zero-order valence-corrected chi connectivity index (χ0v) is 12.4. The molecule has 6 heteroatoms. The predicted molar refractivity (Wildman–Crippen MR) is 81.0 cm³/mol. The fraction of sp³-hybridized carbons (Fsp3) is 0.600. The third kappa shape index (κ3) is 3.10. The Morgan fingerprint density at radius 1 is 1.29 bits per heavy atom. The lowest BCUT2D eigenvalue weighted by atomic mass is 10.1. The lowest BCUT2D eigenvalue weighted by Gasteiger charge is -2.36. The minimum absolute atomic E-state index is 0.143. The maximum atomic E-state index is 12.4. The number of nitrogens with zero attached hydrogens (tertiary/aromatic N) is 3. The molecule has 0 aromatic carbocycles. The van der Waals surface area contributed by atoms with Crippen molar-refractivity contribution in [1.29, 1.82) is 0 Å². The molecule has 0 bridgehead atoms. The van der Waals surface area contributed by atoms with Crippen molar-refractivity contribution in [3.8, 4) is 0 Å². The van der Waals surface area contributed by atoms with Crippen LogP contribution in [0.2, 0.25) is 0 Å². The van der Waals surface area contributed by atoms with E-state index in [1.54, 1.807) is 6.20 Å². The van der Waals surface area contributed by atoms with E-state index in [1.165, 1.54) is 0 Å². The number of carbonyl (C=O) groups excluding carboxylic acids is 1. The summed E-state index contributed by atoms with van der Waals surface area (Å²) in [4.78, 5) is 20.8. The number of rotatable bonds is 2. The number of carbonyl (C=O) groups is 1. The average molecular weight is 290 g/mol. The van der Waals surface area contributed by atoms with Crippen LogP contribution in [0.1, 0.15) is 19.8 Å². The molecule has 2 aliphatic rings. The molecule has 3 rings (SSSR count). The predicted octanol–water partition coefficient (Wildman–Crippen LogP) is 0.880. The maximum absolute atomic E-state index is 12.4. The highest BCUT2D eigenvalue weighted by Gasteiger charge is 2.33. The quantitative estimate of drug-likeness (QED) is 0.875. The fourth-order valence-electron chi connectivity index (χ4n) is 2.93. The first-order valence-corrected chi connectivity index (χ1v) is 7.54. The minimum atomic E-state index is -0.235. The number of amides is 1. The molecule has 0 spiro atoms. The summed E-state index contributed by atoms with van der Waals surface area (Å²) in [5, 5.41) is 0. The number of hydrogen-bond donors (Lipinski definition) is 1. The molecular formula is C15H22N4O2. The Morgan fingerprint density at radius 3 is 2.62 bits per heavy atom. The molecule has 1 amide bonds. The van der Waals surface area contributed by atoms with E-state index < -0.39 is 0 Å². The highest BCUT2D eigenvalue weighted by Crippen LogP contribution is 2.22. The van der Waals surface area contributed by atoms with Crippen molar-refractivity contribution >= 4 is 17.4 Å². The minimum Gasteiger partial charge on any atom is -0.397 e. The topological polar surface area (TPSA) is 71.7 Å². The van der Waals surface area contributed by atoms with Crippen LogP contribution < -0.4 is 10.6 Å². The molecule has 2 saturated heterocycles. The third-order valence-electron chi connectivity index (χ3n) is 4.19. The number of ether oxygens (including phenoxy) is 1. The van der Waals surface area contributed by atoms with E-state index in [9.17, 15) is 4.79 Å². The van der Waals surface area contributed by atoms with E-state index in [4.69, 9.17) is 10.5 Å². The van der Waals surface area contributed by atoms with Crippen LogP contribution in [0.15, 0.2) is 18.3 Å². The van der Waals surface area contributed by atoms with Crippen molar-refractivity contribution < 1.29 is 9.53 Å². The molecule has 114 valence electrons. The highest BCUT2D eigenvalue weighted by molar-refractivity contribution is 5.81. The van der Waals surface area contributed by atoms with Gasteiger partial charge in [-0.05, 0) is 31.9 Å². The lowest BCUT2D eigenvalue weighted by molar-refractivity contribution is -0.142. The van der Waals surface area contributed by atoms with Crippen LogP contribution in [0.5, 0.6) is 0 Å². The number of anilines is 2. The molecule has 2 fully saturated rings. The largest absolute Gasteiger partial charge is 0.397 e. The van der Waals surface area contributed by atoms with Crippen LogP contribution in [-0.4, -0.2) is 54.2 Å². The Morgan fingerprint density at radius 2 is 2.05 bits per heavy atom. The molecule has 3 heterocycles. The van der Waals surface area contributed by atoms with Gasteiger partial charge in [-0.15, -0.1) is 0 Å². The van der Waals surface area contributed by atoms with Crippen LogP contribution >= 0.6 is 0 Å². The van der Waals surface area contributed by atoms with Crippen molar-refractivity contribution in [2.24, 2.45) is 0 Å². The summed E-state index contributed by atoms with van der Waals surface area (Å²) in [5.41, 5.74) is 6.32. The van der Waals surface area contributed by atoms with Gasteiger partial charge in [0, 0.05) is 26.2 Å². The molecule has 2 unspecified atom stereocenters. The van der Waals surface area contributed by atoms with Gasteiger partial charge in [0.25, 0.3) is 5.91 Å². The molecule has 21 heavy (non-hydrogen) atoms. The van der Waals surface area contributed by atoms with Gasteiger partial charge in [0.1, 0.15) is 11.9 Å². The number of pyridine rings is 1. The van der Waals surface area contributed by atoms with Gasteiger partial charge < -0.3 is 20.3 Å². The van der Waals surface area contributed by atoms with E-state index >= 15 is 0 Å². The van der Waals surface area contributed by atoms with Crippen molar-refractivity contribution in [3.05, 3.63) is 18.3 Å². The van der Waals surface area contributed by atoms with Gasteiger partial charge in [0.05, 0.1) is 18.0 Å². The average Bonchev–Trinajstić information content (AvgIpc) is 2.94. The smallest absolute Gasteiger partial charge is 0.251 e. The summed E-state index contributed by atoms with van der Waals surface area (Å²) in [5.74, 6) is 1.06. The second kappa shape index (κ2) is 5.89. The van der Waals surface area contributed by atoms with Crippen LogP contribution in [0, 0.1) is 0 Å². The van der Waals surface area contributed by atoms with Gasteiger partial charge >= 0.3 is 0 Å². The zero-order valence-electron chi connectivity index (χ0n) is 12.4. The zero-order chi connectivity index (χ0) is 14.8. The molecule has 6 nitrogen and oxygen atoms in total.